The normalized spacial score (nSPS) is 15.7. The Bertz CT molecular complexity index is 1120. The molecule has 0 aromatic carbocycles. The molecule has 1 fully saturated rings. The van der Waals surface area contributed by atoms with Crippen LogP contribution in [-0.2, 0) is 7.05 Å². The Morgan fingerprint density at radius 3 is 2.85 bits per heavy atom. The molecule has 26 heavy (non-hydrogen) atoms. The zero-order valence-corrected chi connectivity index (χ0v) is 15.1. The van der Waals surface area contributed by atoms with Gasteiger partial charge in [0, 0.05) is 24.8 Å². The summed E-state index contributed by atoms with van der Waals surface area (Å²) in [7, 11) is 1.99. The molecule has 1 aliphatic carbocycles. The van der Waals surface area contributed by atoms with Gasteiger partial charge in [-0.05, 0) is 50.8 Å². The van der Waals surface area contributed by atoms with Crippen molar-refractivity contribution >= 4 is 22.6 Å². The van der Waals surface area contributed by atoms with Gasteiger partial charge in [0.2, 0.25) is 5.95 Å². The van der Waals surface area contributed by atoms with E-state index in [4.69, 9.17) is 4.98 Å². The van der Waals surface area contributed by atoms with Gasteiger partial charge in [-0.15, -0.1) is 5.10 Å². The Balaban J connectivity index is 1.53. The van der Waals surface area contributed by atoms with E-state index in [0.29, 0.717) is 12.0 Å². The van der Waals surface area contributed by atoms with E-state index >= 15 is 0 Å². The summed E-state index contributed by atoms with van der Waals surface area (Å²) in [5, 5.41) is 8.01. The third kappa shape index (κ3) is 2.42. The molecule has 1 atom stereocenters. The van der Waals surface area contributed by atoms with Crippen molar-refractivity contribution in [1.82, 2.24) is 29.1 Å². The number of aryl methyl sites for hydroxylation is 2. The largest absolute Gasteiger partial charge is 0.350 e. The van der Waals surface area contributed by atoms with Crippen LogP contribution in [0.5, 0.6) is 0 Å². The van der Waals surface area contributed by atoms with Crippen molar-refractivity contribution in [3.8, 4) is 11.3 Å². The summed E-state index contributed by atoms with van der Waals surface area (Å²) in [6.07, 6.45) is 6.42. The van der Waals surface area contributed by atoms with E-state index in [-0.39, 0.29) is 0 Å². The Morgan fingerprint density at radius 2 is 2.04 bits per heavy atom. The molecule has 4 aromatic rings. The molecule has 4 aromatic heterocycles. The second-order valence-electron chi connectivity index (χ2n) is 7.17. The van der Waals surface area contributed by atoms with Crippen molar-refractivity contribution in [3.05, 3.63) is 36.4 Å². The molecule has 7 nitrogen and oxygen atoms in total. The highest BCUT2D eigenvalue weighted by Crippen LogP contribution is 2.33. The monoisotopic (exact) mass is 347 g/mol. The molecule has 0 bridgehead atoms. The lowest BCUT2D eigenvalue weighted by Crippen LogP contribution is -2.19. The van der Waals surface area contributed by atoms with Crippen molar-refractivity contribution in [3.63, 3.8) is 0 Å². The molecule has 0 unspecified atom stereocenters. The molecule has 0 amide bonds. The van der Waals surface area contributed by atoms with E-state index in [1.54, 1.807) is 0 Å². The summed E-state index contributed by atoms with van der Waals surface area (Å²) >= 11 is 0. The number of hydrogen-bond donors (Lipinski definition) is 1. The van der Waals surface area contributed by atoms with Crippen LogP contribution >= 0.6 is 0 Å². The number of fused-ring (bicyclic) bond motifs is 2. The number of imidazole rings is 1. The van der Waals surface area contributed by atoms with Crippen LogP contribution < -0.4 is 5.32 Å². The third-order valence-electron chi connectivity index (χ3n) is 5.32. The molecule has 0 saturated heterocycles. The Morgan fingerprint density at radius 1 is 1.19 bits per heavy atom. The standard InChI is InChI=1S/C19H21N7/c1-11(13-4-5-13)21-19-20-10-17-14(8-9-26(17)24-19)15-6-7-16-18(23-15)25(3)12(2)22-16/h6-11,13H,4-5H2,1-3H3,(H,21,24)/t11-/m1/s1. The summed E-state index contributed by atoms with van der Waals surface area (Å²) in [6, 6.07) is 6.48. The highest BCUT2D eigenvalue weighted by atomic mass is 15.3. The summed E-state index contributed by atoms with van der Waals surface area (Å²) in [5.74, 6) is 2.38. The van der Waals surface area contributed by atoms with Gasteiger partial charge in [-0.3, -0.25) is 0 Å². The first-order valence-corrected chi connectivity index (χ1v) is 9.01. The number of hydrogen-bond acceptors (Lipinski definition) is 5. The maximum absolute atomic E-state index is 4.81. The second kappa shape index (κ2) is 5.52. The lowest BCUT2D eigenvalue weighted by molar-refractivity contribution is 0.681. The lowest BCUT2D eigenvalue weighted by Gasteiger charge is -2.12. The molecule has 132 valence electrons. The van der Waals surface area contributed by atoms with Gasteiger partial charge in [0.15, 0.2) is 5.65 Å². The first kappa shape index (κ1) is 15.3. The zero-order chi connectivity index (χ0) is 17.8. The van der Waals surface area contributed by atoms with E-state index in [1.165, 1.54) is 12.8 Å². The third-order valence-corrected chi connectivity index (χ3v) is 5.32. The maximum Gasteiger partial charge on any atom is 0.241 e. The van der Waals surface area contributed by atoms with Crippen LogP contribution in [0.2, 0.25) is 0 Å². The van der Waals surface area contributed by atoms with E-state index in [9.17, 15) is 0 Å². The molecule has 7 heteroatoms. The molecular formula is C19H21N7. The van der Waals surface area contributed by atoms with Crippen LogP contribution in [0.1, 0.15) is 25.6 Å². The van der Waals surface area contributed by atoms with Gasteiger partial charge in [-0.2, -0.15) is 0 Å². The quantitative estimate of drug-likeness (QED) is 0.614. The van der Waals surface area contributed by atoms with E-state index in [1.807, 2.05) is 53.6 Å². The SMILES string of the molecule is Cc1nc2ccc(-c3ccn4nc(N[C@H](C)C5CC5)ncc34)nc2n1C. The minimum atomic E-state index is 0.416. The molecule has 0 spiro atoms. The molecule has 1 aliphatic rings. The number of rotatable bonds is 4. The fourth-order valence-corrected chi connectivity index (χ4v) is 3.43. The van der Waals surface area contributed by atoms with Crippen molar-refractivity contribution in [2.75, 3.05) is 5.32 Å². The van der Waals surface area contributed by atoms with Gasteiger partial charge in [0.05, 0.1) is 17.4 Å². The first-order chi connectivity index (χ1) is 12.6. The minimum Gasteiger partial charge on any atom is -0.350 e. The first-order valence-electron chi connectivity index (χ1n) is 9.01. The second-order valence-corrected chi connectivity index (χ2v) is 7.17. The average Bonchev–Trinajstić information content (AvgIpc) is 3.35. The number of pyridine rings is 1. The predicted molar refractivity (Wildman–Crippen MR) is 101 cm³/mol. The lowest BCUT2D eigenvalue weighted by atomic mass is 10.2. The molecule has 0 aliphatic heterocycles. The summed E-state index contributed by atoms with van der Waals surface area (Å²) in [5.41, 5.74) is 4.66. The average molecular weight is 347 g/mol. The van der Waals surface area contributed by atoms with Gasteiger partial charge in [-0.1, -0.05) is 0 Å². The van der Waals surface area contributed by atoms with E-state index < -0.39 is 0 Å². The van der Waals surface area contributed by atoms with Gasteiger partial charge in [0.1, 0.15) is 11.3 Å². The van der Waals surface area contributed by atoms with E-state index in [0.717, 1.165) is 39.7 Å². The van der Waals surface area contributed by atoms with Crippen molar-refractivity contribution in [2.45, 2.75) is 32.7 Å². The van der Waals surface area contributed by atoms with Crippen LogP contribution in [0.25, 0.3) is 27.9 Å². The number of nitrogens with one attached hydrogen (secondary N) is 1. The molecule has 1 N–H and O–H groups in total. The van der Waals surface area contributed by atoms with E-state index in [2.05, 4.69) is 27.3 Å². The van der Waals surface area contributed by atoms with Crippen molar-refractivity contribution < 1.29 is 0 Å². The number of nitrogens with zero attached hydrogens (tertiary/aromatic N) is 6. The van der Waals surface area contributed by atoms with Crippen molar-refractivity contribution in [1.29, 1.82) is 0 Å². The van der Waals surface area contributed by atoms with Crippen LogP contribution in [0.4, 0.5) is 5.95 Å². The molecule has 4 heterocycles. The molecular weight excluding hydrogens is 326 g/mol. The fraction of sp³-hybridized carbons (Fsp3) is 0.368. The van der Waals surface area contributed by atoms with Crippen LogP contribution in [-0.4, -0.2) is 35.2 Å². The predicted octanol–water partition coefficient (Wildman–Crippen LogP) is 3.20. The summed E-state index contributed by atoms with van der Waals surface area (Å²) < 4.78 is 3.87. The van der Waals surface area contributed by atoms with Gasteiger partial charge < -0.3 is 9.88 Å². The topological polar surface area (TPSA) is 72.9 Å². The van der Waals surface area contributed by atoms with Gasteiger partial charge in [-0.25, -0.2) is 19.5 Å². The Kier molecular flexibility index (Phi) is 3.25. The highest BCUT2D eigenvalue weighted by molar-refractivity contribution is 5.82. The van der Waals surface area contributed by atoms with Gasteiger partial charge >= 0.3 is 0 Å². The fourth-order valence-electron chi connectivity index (χ4n) is 3.43. The summed E-state index contributed by atoms with van der Waals surface area (Å²) in [6.45, 7) is 4.18. The molecule has 1 saturated carbocycles. The molecule has 5 rings (SSSR count). The Labute approximate surface area is 151 Å². The zero-order valence-electron chi connectivity index (χ0n) is 15.1. The smallest absolute Gasteiger partial charge is 0.241 e. The van der Waals surface area contributed by atoms with Crippen LogP contribution in [0, 0.1) is 12.8 Å². The highest BCUT2D eigenvalue weighted by Gasteiger charge is 2.28. The van der Waals surface area contributed by atoms with Crippen LogP contribution in [0.15, 0.2) is 30.6 Å². The maximum atomic E-state index is 4.81. The molecule has 0 radical (unpaired) electrons. The number of aromatic nitrogens is 6. The van der Waals surface area contributed by atoms with Crippen molar-refractivity contribution in [2.24, 2.45) is 13.0 Å². The summed E-state index contributed by atoms with van der Waals surface area (Å²) in [4.78, 5) is 13.8. The van der Waals surface area contributed by atoms with Crippen LogP contribution in [0.3, 0.4) is 0 Å². The minimum absolute atomic E-state index is 0.416. The number of anilines is 1. The Hall–Kier alpha value is -2.96. The van der Waals surface area contributed by atoms with Gasteiger partial charge in [0.25, 0.3) is 0 Å².